The van der Waals surface area contributed by atoms with Crippen molar-refractivity contribution < 1.29 is 13.7 Å². The van der Waals surface area contributed by atoms with Gasteiger partial charge in [0.1, 0.15) is 12.4 Å². The third-order valence-corrected chi connectivity index (χ3v) is 6.28. The number of carbonyl (C=O) groups excluding carboxylic acids is 1. The summed E-state index contributed by atoms with van der Waals surface area (Å²) in [4.78, 5) is 13.0. The first-order chi connectivity index (χ1) is 12.8. The van der Waals surface area contributed by atoms with Crippen LogP contribution in [0.3, 0.4) is 0 Å². The standard InChI is InChI=1S/C23H32FN2O/c1-17-15-22(23(27)16-26(3,4)21-7-5-6-8-21)18(2)25(17)14-13-19-9-11-20(24)12-10-19/h9-12,15,21H,5-8,13-14,16H2,1-4H3/q+1. The van der Waals surface area contributed by atoms with E-state index in [1.54, 1.807) is 0 Å². The van der Waals surface area contributed by atoms with Gasteiger partial charge in [0.15, 0.2) is 0 Å². The molecule has 0 saturated heterocycles. The van der Waals surface area contributed by atoms with E-state index in [-0.39, 0.29) is 11.6 Å². The quantitative estimate of drug-likeness (QED) is 0.511. The molecule has 1 aliphatic rings. The summed E-state index contributed by atoms with van der Waals surface area (Å²) in [5.74, 6) is 0.0380. The van der Waals surface area contributed by atoms with Crippen LogP contribution in [0.15, 0.2) is 30.3 Å². The average molecular weight is 372 g/mol. The lowest BCUT2D eigenvalue weighted by atomic mass is 10.1. The first kappa shape index (κ1) is 19.8. The van der Waals surface area contributed by atoms with Crippen LogP contribution in [0.4, 0.5) is 4.39 Å². The zero-order valence-electron chi connectivity index (χ0n) is 17.1. The molecule has 0 bridgehead atoms. The second-order valence-electron chi connectivity index (χ2n) is 8.61. The molecule has 146 valence electrons. The van der Waals surface area contributed by atoms with Crippen LogP contribution in [0.25, 0.3) is 0 Å². The molecular formula is C23H32FN2O+. The van der Waals surface area contributed by atoms with Crippen molar-refractivity contribution >= 4 is 5.78 Å². The van der Waals surface area contributed by atoms with E-state index in [2.05, 4.69) is 25.6 Å². The monoisotopic (exact) mass is 371 g/mol. The van der Waals surface area contributed by atoms with Crippen molar-refractivity contribution in [1.29, 1.82) is 0 Å². The third-order valence-electron chi connectivity index (χ3n) is 6.28. The zero-order chi connectivity index (χ0) is 19.6. The molecule has 0 N–H and O–H groups in total. The first-order valence-corrected chi connectivity index (χ1v) is 10.0. The molecular weight excluding hydrogens is 339 g/mol. The number of nitrogens with zero attached hydrogens (tertiary/aromatic N) is 2. The van der Waals surface area contributed by atoms with Crippen molar-refractivity contribution in [3.8, 4) is 0 Å². The highest BCUT2D eigenvalue weighted by molar-refractivity contribution is 5.98. The average Bonchev–Trinajstić information content (AvgIpc) is 3.24. The smallest absolute Gasteiger partial charge is 0.218 e. The van der Waals surface area contributed by atoms with Crippen LogP contribution in [0.2, 0.25) is 0 Å². The number of aryl methyl sites for hydroxylation is 2. The normalized spacial score (nSPS) is 15.4. The molecule has 1 aliphatic carbocycles. The van der Waals surface area contributed by atoms with E-state index in [0.29, 0.717) is 12.6 Å². The highest BCUT2D eigenvalue weighted by atomic mass is 19.1. The third kappa shape index (κ3) is 4.49. The number of hydrogen-bond acceptors (Lipinski definition) is 1. The van der Waals surface area contributed by atoms with Crippen LogP contribution in [-0.2, 0) is 13.0 Å². The SMILES string of the molecule is Cc1cc(C(=O)C[N+](C)(C)C2CCCC2)c(C)n1CCc1ccc(F)cc1. The van der Waals surface area contributed by atoms with Crippen LogP contribution < -0.4 is 0 Å². The van der Waals surface area contributed by atoms with Crippen molar-refractivity contribution in [3.63, 3.8) is 0 Å². The van der Waals surface area contributed by atoms with Crippen molar-refractivity contribution in [1.82, 2.24) is 4.57 Å². The predicted molar refractivity (Wildman–Crippen MR) is 108 cm³/mol. The Balaban J connectivity index is 1.70. The number of quaternary nitrogens is 1. The highest BCUT2D eigenvalue weighted by Crippen LogP contribution is 2.27. The Hall–Kier alpha value is -1.94. The van der Waals surface area contributed by atoms with E-state index in [1.807, 2.05) is 25.1 Å². The fraction of sp³-hybridized carbons (Fsp3) is 0.522. The Labute approximate surface area is 162 Å². The summed E-state index contributed by atoms with van der Waals surface area (Å²) in [6.45, 7) is 5.47. The van der Waals surface area contributed by atoms with Crippen molar-refractivity contribution in [3.05, 3.63) is 58.7 Å². The second kappa shape index (κ2) is 7.97. The molecule has 0 aliphatic heterocycles. The Kier molecular flexibility index (Phi) is 5.85. The van der Waals surface area contributed by atoms with E-state index in [1.165, 1.54) is 37.8 Å². The van der Waals surface area contributed by atoms with Crippen LogP contribution >= 0.6 is 0 Å². The summed E-state index contributed by atoms with van der Waals surface area (Å²) in [5.41, 5.74) is 4.13. The molecule has 0 amide bonds. The Bertz CT molecular complexity index is 799. The molecule has 1 aromatic carbocycles. The number of aromatic nitrogens is 1. The summed E-state index contributed by atoms with van der Waals surface area (Å²) in [6.07, 6.45) is 5.87. The highest BCUT2D eigenvalue weighted by Gasteiger charge is 2.34. The number of hydrogen-bond donors (Lipinski definition) is 0. The summed E-state index contributed by atoms with van der Waals surface area (Å²) in [6, 6.07) is 9.31. The lowest BCUT2D eigenvalue weighted by Gasteiger charge is -2.35. The number of carbonyl (C=O) groups is 1. The molecule has 4 heteroatoms. The zero-order valence-corrected chi connectivity index (χ0v) is 17.1. The van der Waals surface area contributed by atoms with E-state index in [4.69, 9.17) is 0 Å². The van der Waals surface area contributed by atoms with Gasteiger partial charge >= 0.3 is 0 Å². The fourth-order valence-corrected chi connectivity index (χ4v) is 4.51. The van der Waals surface area contributed by atoms with Gasteiger partial charge in [-0.2, -0.15) is 0 Å². The van der Waals surface area contributed by atoms with Crippen LogP contribution in [0.1, 0.15) is 53.0 Å². The molecule has 0 radical (unpaired) electrons. The first-order valence-electron chi connectivity index (χ1n) is 10.0. The minimum atomic E-state index is -0.206. The minimum absolute atomic E-state index is 0.206. The maximum atomic E-state index is 13.1. The molecule has 2 aromatic rings. The van der Waals surface area contributed by atoms with E-state index in [9.17, 15) is 9.18 Å². The summed E-state index contributed by atoms with van der Waals surface area (Å²) < 4.78 is 16.1. The molecule has 0 unspecified atom stereocenters. The van der Waals surface area contributed by atoms with Crippen molar-refractivity contribution in [2.45, 2.75) is 58.5 Å². The molecule has 27 heavy (non-hydrogen) atoms. The van der Waals surface area contributed by atoms with Gasteiger partial charge in [0.05, 0.1) is 20.1 Å². The largest absolute Gasteiger partial charge is 0.348 e. The van der Waals surface area contributed by atoms with Crippen LogP contribution in [0, 0.1) is 19.7 Å². The van der Waals surface area contributed by atoms with Gasteiger partial charge in [0, 0.05) is 23.5 Å². The van der Waals surface area contributed by atoms with E-state index < -0.39 is 0 Å². The number of ketones is 1. The van der Waals surface area contributed by atoms with Crippen molar-refractivity contribution in [2.75, 3.05) is 20.6 Å². The molecule has 1 aromatic heterocycles. The Morgan fingerprint density at radius 2 is 1.78 bits per heavy atom. The van der Waals surface area contributed by atoms with Crippen LogP contribution in [0.5, 0.6) is 0 Å². The fourth-order valence-electron chi connectivity index (χ4n) is 4.51. The number of likely N-dealkylation sites (N-methyl/N-ethyl adjacent to an activating group) is 1. The summed E-state index contributed by atoms with van der Waals surface area (Å²) in [7, 11) is 4.39. The Morgan fingerprint density at radius 1 is 1.15 bits per heavy atom. The summed E-state index contributed by atoms with van der Waals surface area (Å²) >= 11 is 0. The summed E-state index contributed by atoms with van der Waals surface area (Å²) in [5, 5.41) is 0. The molecule has 1 saturated carbocycles. The minimum Gasteiger partial charge on any atom is -0.348 e. The van der Waals surface area contributed by atoms with Gasteiger partial charge in [-0.25, -0.2) is 4.39 Å². The maximum absolute atomic E-state index is 13.1. The lowest BCUT2D eigenvalue weighted by Crippen LogP contribution is -2.50. The molecule has 3 nitrogen and oxygen atoms in total. The van der Waals surface area contributed by atoms with Gasteiger partial charge in [-0.3, -0.25) is 4.79 Å². The second-order valence-corrected chi connectivity index (χ2v) is 8.61. The van der Waals surface area contributed by atoms with Gasteiger partial charge in [0.2, 0.25) is 5.78 Å². The molecule has 1 heterocycles. The van der Waals surface area contributed by atoms with E-state index >= 15 is 0 Å². The van der Waals surface area contributed by atoms with E-state index in [0.717, 1.165) is 40.0 Å². The van der Waals surface area contributed by atoms with Crippen molar-refractivity contribution in [2.24, 2.45) is 0 Å². The molecule has 0 spiro atoms. The van der Waals surface area contributed by atoms with Gasteiger partial charge < -0.3 is 9.05 Å². The number of Topliss-reactive ketones (excluding diaryl/α,β-unsaturated/α-hetero) is 1. The van der Waals surface area contributed by atoms with Gasteiger partial charge in [-0.15, -0.1) is 0 Å². The lowest BCUT2D eigenvalue weighted by molar-refractivity contribution is -0.906. The van der Waals surface area contributed by atoms with Gasteiger partial charge in [0.25, 0.3) is 0 Å². The molecule has 3 rings (SSSR count). The maximum Gasteiger partial charge on any atom is 0.218 e. The van der Waals surface area contributed by atoms with Gasteiger partial charge in [-0.05, 0) is 69.7 Å². The number of benzene rings is 1. The molecule has 1 fully saturated rings. The molecule has 0 atom stereocenters. The topological polar surface area (TPSA) is 22.0 Å². The van der Waals surface area contributed by atoms with Crippen LogP contribution in [-0.4, -0.2) is 41.5 Å². The number of rotatable bonds is 7. The predicted octanol–water partition coefficient (Wildman–Crippen LogP) is 4.69. The number of halogens is 1. The Morgan fingerprint density at radius 3 is 2.41 bits per heavy atom. The van der Waals surface area contributed by atoms with Gasteiger partial charge in [-0.1, -0.05) is 12.1 Å².